The van der Waals surface area contributed by atoms with Crippen molar-refractivity contribution in [1.29, 1.82) is 0 Å². The summed E-state index contributed by atoms with van der Waals surface area (Å²) in [5.41, 5.74) is 2.16. The van der Waals surface area contributed by atoms with Crippen molar-refractivity contribution in [3.8, 4) is 5.75 Å². The van der Waals surface area contributed by atoms with Crippen molar-refractivity contribution in [2.24, 2.45) is 0 Å². The lowest BCUT2D eigenvalue weighted by Gasteiger charge is -2.10. The molecule has 0 aromatic heterocycles. The lowest BCUT2D eigenvalue weighted by molar-refractivity contribution is -0.139. The standard InChI is InChI=1S/C13H18O3S/c1-5-16-12(14)8-17-11-6-9(2)13(15-4)10(3)7-11/h6-7H,5,8H2,1-4H3. The molecule has 0 aliphatic rings. The Labute approximate surface area is 106 Å². The van der Waals surface area contributed by atoms with E-state index in [0.29, 0.717) is 12.4 Å². The average molecular weight is 254 g/mol. The molecule has 0 saturated heterocycles. The predicted molar refractivity (Wildman–Crippen MR) is 69.8 cm³/mol. The first-order valence-corrected chi connectivity index (χ1v) is 6.50. The van der Waals surface area contributed by atoms with Crippen LogP contribution in [0.25, 0.3) is 0 Å². The van der Waals surface area contributed by atoms with Gasteiger partial charge in [0.2, 0.25) is 0 Å². The van der Waals surface area contributed by atoms with Crippen LogP contribution in [0.1, 0.15) is 18.1 Å². The molecule has 1 aromatic rings. The maximum Gasteiger partial charge on any atom is 0.316 e. The summed E-state index contributed by atoms with van der Waals surface area (Å²) in [7, 11) is 1.67. The van der Waals surface area contributed by atoms with Crippen molar-refractivity contribution >= 4 is 17.7 Å². The van der Waals surface area contributed by atoms with Crippen LogP contribution in [0.2, 0.25) is 0 Å². The third-order valence-electron chi connectivity index (χ3n) is 2.30. The molecule has 4 heteroatoms. The van der Waals surface area contributed by atoms with Crippen LogP contribution in [0.4, 0.5) is 0 Å². The largest absolute Gasteiger partial charge is 0.496 e. The summed E-state index contributed by atoms with van der Waals surface area (Å²) in [5, 5.41) is 0. The maximum absolute atomic E-state index is 11.2. The molecule has 17 heavy (non-hydrogen) atoms. The van der Waals surface area contributed by atoms with Crippen LogP contribution in [0.15, 0.2) is 17.0 Å². The quantitative estimate of drug-likeness (QED) is 0.598. The Morgan fingerprint density at radius 3 is 2.35 bits per heavy atom. The van der Waals surface area contributed by atoms with E-state index in [-0.39, 0.29) is 5.97 Å². The number of carbonyl (C=O) groups excluding carboxylic acids is 1. The van der Waals surface area contributed by atoms with Gasteiger partial charge in [-0.1, -0.05) is 0 Å². The van der Waals surface area contributed by atoms with Gasteiger partial charge in [0.15, 0.2) is 0 Å². The van der Waals surface area contributed by atoms with Crippen molar-refractivity contribution in [2.75, 3.05) is 19.5 Å². The molecular formula is C13H18O3S. The zero-order valence-corrected chi connectivity index (χ0v) is 11.5. The number of methoxy groups -OCH3 is 1. The molecule has 0 radical (unpaired) electrons. The highest BCUT2D eigenvalue weighted by molar-refractivity contribution is 8.00. The van der Waals surface area contributed by atoms with Gasteiger partial charge in [-0.15, -0.1) is 11.8 Å². The van der Waals surface area contributed by atoms with E-state index in [4.69, 9.17) is 9.47 Å². The van der Waals surface area contributed by atoms with E-state index in [1.807, 2.05) is 32.9 Å². The van der Waals surface area contributed by atoms with E-state index in [1.54, 1.807) is 7.11 Å². The SMILES string of the molecule is CCOC(=O)CSc1cc(C)c(OC)c(C)c1. The highest BCUT2D eigenvalue weighted by Gasteiger charge is 2.08. The Kier molecular flexibility index (Phi) is 5.35. The molecule has 94 valence electrons. The second kappa shape index (κ2) is 6.55. The van der Waals surface area contributed by atoms with E-state index in [9.17, 15) is 4.79 Å². The summed E-state index contributed by atoms with van der Waals surface area (Å²) in [6.07, 6.45) is 0. The summed E-state index contributed by atoms with van der Waals surface area (Å²) < 4.78 is 10.2. The smallest absolute Gasteiger partial charge is 0.316 e. The summed E-state index contributed by atoms with van der Waals surface area (Å²) in [6.45, 7) is 6.24. The predicted octanol–water partition coefficient (Wildman–Crippen LogP) is 2.97. The highest BCUT2D eigenvalue weighted by atomic mass is 32.2. The van der Waals surface area contributed by atoms with Crippen LogP contribution in [-0.4, -0.2) is 25.4 Å². The van der Waals surface area contributed by atoms with E-state index in [0.717, 1.165) is 21.8 Å². The molecule has 0 bridgehead atoms. The minimum atomic E-state index is -0.177. The number of thioether (sulfide) groups is 1. The first-order chi connectivity index (χ1) is 8.08. The van der Waals surface area contributed by atoms with Crippen LogP contribution < -0.4 is 4.74 Å². The fraction of sp³-hybridized carbons (Fsp3) is 0.462. The lowest BCUT2D eigenvalue weighted by Crippen LogP contribution is -2.06. The molecule has 0 unspecified atom stereocenters. The molecule has 1 aromatic carbocycles. The molecule has 0 aliphatic heterocycles. The van der Waals surface area contributed by atoms with E-state index in [2.05, 4.69) is 0 Å². The number of hydrogen-bond acceptors (Lipinski definition) is 4. The first kappa shape index (κ1) is 13.9. The van der Waals surface area contributed by atoms with Gasteiger partial charge in [0, 0.05) is 4.90 Å². The topological polar surface area (TPSA) is 35.5 Å². The van der Waals surface area contributed by atoms with Gasteiger partial charge in [0.25, 0.3) is 0 Å². The number of ether oxygens (including phenoxy) is 2. The van der Waals surface area contributed by atoms with Gasteiger partial charge in [-0.3, -0.25) is 4.79 Å². The van der Waals surface area contributed by atoms with Crippen LogP contribution >= 0.6 is 11.8 Å². The van der Waals surface area contributed by atoms with Crippen molar-refractivity contribution in [3.63, 3.8) is 0 Å². The third kappa shape index (κ3) is 3.97. The summed E-state index contributed by atoms with van der Waals surface area (Å²) in [6, 6.07) is 4.05. The van der Waals surface area contributed by atoms with Crippen molar-refractivity contribution < 1.29 is 14.3 Å². The van der Waals surface area contributed by atoms with Crippen molar-refractivity contribution in [1.82, 2.24) is 0 Å². The van der Waals surface area contributed by atoms with Crippen molar-refractivity contribution in [2.45, 2.75) is 25.7 Å². The van der Waals surface area contributed by atoms with Gasteiger partial charge >= 0.3 is 5.97 Å². The zero-order valence-electron chi connectivity index (χ0n) is 10.7. The minimum Gasteiger partial charge on any atom is -0.496 e. The molecule has 1 rings (SSSR count). The molecule has 0 N–H and O–H groups in total. The van der Waals surface area contributed by atoms with E-state index in [1.165, 1.54) is 11.8 Å². The molecular weight excluding hydrogens is 236 g/mol. The summed E-state index contributed by atoms with van der Waals surface area (Å²) in [5.74, 6) is 1.08. The Balaban J connectivity index is 2.70. The Morgan fingerprint density at radius 2 is 1.88 bits per heavy atom. The van der Waals surface area contributed by atoms with Gasteiger partial charge in [0.05, 0.1) is 19.5 Å². The van der Waals surface area contributed by atoms with Gasteiger partial charge in [-0.25, -0.2) is 0 Å². The fourth-order valence-corrected chi connectivity index (χ4v) is 2.55. The van der Waals surface area contributed by atoms with Gasteiger partial charge in [-0.2, -0.15) is 0 Å². The lowest BCUT2D eigenvalue weighted by atomic mass is 10.1. The molecule has 3 nitrogen and oxygen atoms in total. The molecule has 0 aliphatic carbocycles. The Bertz CT molecular complexity index is 379. The van der Waals surface area contributed by atoms with E-state index < -0.39 is 0 Å². The second-order valence-electron chi connectivity index (χ2n) is 3.68. The summed E-state index contributed by atoms with van der Waals surface area (Å²) in [4.78, 5) is 12.3. The third-order valence-corrected chi connectivity index (χ3v) is 3.25. The second-order valence-corrected chi connectivity index (χ2v) is 4.73. The molecule has 0 heterocycles. The van der Waals surface area contributed by atoms with Gasteiger partial charge in [0.1, 0.15) is 5.75 Å². The van der Waals surface area contributed by atoms with Crippen LogP contribution in [0.5, 0.6) is 5.75 Å². The molecule has 0 spiro atoms. The zero-order chi connectivity index (χ0) is 12.8. The van der Waals surface area contributed by atoms with Gasteiger partial charge in [-0.05, 0) is 44.0 Å². The highest BCUT2D eigenvalue weighted by Crippen LogP contribution is 2.29. The minimum absolute atomic E-state index is 0.177. The number of rotatable bonds is 5. The normalized spacial score (nSPS) is 10.1. The van der Waals surface area contributed by atoms with Crippen molar-refractivity contribution in [3.05, 3.63) is 23.3 Å². The number of hydrogen-bond donors (Lipinski definition) is 0. The summed E-state index contributed by atoms with van der Waals surface area (Å²) >= 11 is 1.49. The Hall–Kier alpha value is -1.16. The van der Waals surface area contributed by atoms with E-state index >= 15 is 0 Å². The maximum atomic E-state index is 11.2. The molecule has 0 atom stereocenters. The van der Waals surface area contributed by atoms with Crippen LogP contribution in [-0.2, 0) is 9.53 Å². The molecule has 0 saturated carbocycles. The van der Waals surface area contributed by atoms with Crippen LogP contribution in [0, 0.1) is 13.8 Å². The van der Waals surface area contributed by atoms with Crippen LogP contribution in [0.3, 0.4) is 0 Å². The molecule has 0 fully saturated rings. The first-order valence-electron chi connectivity index (χ1n) is 5.52. The number of carbonyl (C=O) groups is 1. The molecule has 0 amide bonds. The number of benzene rings is 1. The van der Waals surface area contributed by atoms with Gasteiger partial charge < -0.3 is 9.47 Å². The average Bonchev–Trinajstić information content (AvgIpc) is 2.26. The fourth-order valence-electron chi connectivity index (χ4n) is 1.66. The monoisotopic (exact) mass is 254 g/mol. The number of esters is 1. The number of aryl methyl sites for hydroxylation is 2. The Morgan fingerprint density at radius 1 is 1.29 bits per heavy atom.